The second-order valence-corrected chi connectivity index (χ2v) is 4.80. The molecular weight excluding hydrogens is 331 g/mol. The Bertz CT molecular complexity index is 694. The molecule has 0 atom stereocenters. The predicted octanol–water partition coefficient (Wildman–Crippen LogP) is 4.67. The summed E-state index contributed by atoms with van der Waals surface area (Å²) in [6, 6.07) is 3.61. The van der Waals surface area contributed by atoms with Crippen LogP contribution in [0.15, 0.2) is 24.4 Å². The van der Waals surface area contributed by atoms with Crippen molar-refractivity contribution in [1.82, 2.24) is 4.98 Å². The molecule has 0 aliphatic rings. The first-order valence-electron chi connectivity index (χ1n) is 5.10. The van der Waals surface area contributed by atoms with Crippen molar-refractivity contribution in [3.63, 3.8) is 0 Å². The van der Waals surface area contributed by atoms with Gasteiger partial charge in [0.05, 0.1) is 15.1 Å². The number of aromatic nitrogens is 1. The quantitative estimate of drug-likeness (QED) is 0.827. The molecule has 1 aromatic heterocycles. The Labute approximate surface area is 127 Å². The molecule has 1 N–H and O–H groups in total. The van der Waals surface area contributed by atoms with Gasteiger partial charge in [-0.3, -0.25) is 0 Å². The van der Waals surface area contributed by atoms with E-state index in [1.165, 1.54) is 12.1 Å². The van der Waals surface area contributed by atoms with Crippen LogP contribution in [0.1, 0.15) is 10.4 Å². The highest BCUT2D eigenvalue weighted by molar-refractivity contribution is 6.43. The molecule has 0 aliphatic heterocycles. The molecule has 0 fully saturated rings. The lowest BCUT2D eigenvalue weighted by Gasteiger charge is -2.09. The summed E-state index contributed by atoms with van der Waals surface area (Å²) in [6.45, 7) is 0. The lowest BCUT2D eigenvalue weighted by atomic mass is 10.2. The molecule has 2 aromatic rings. The topological polar surface area (TPSA) is 59.4 Å². The molecule has 0 radical (unpaired) electrons. The SMILES string of the molecule is O=C(O)c1ccnc(Oc2cc(Cl)c(Cl)cc2Cl)c1F. The van der Waals surface area contributed by atoms with Gasteiger partial charge in [-0.25, -0.2) is 14.2 Å². The number of carbonyl (C=O) groups is 1. The summed E-state index contributed by atoms with van der Waals surface area (Å²) in [5.74, 6) is -3.06. The highest BCUT2D eigenvalue weighted by Crippen LogP contribution is 2.36. The second-order valence-electron chi connectivity index (χ2n) is 3.58. The van der Waals surface area contributed by atoms with Gasteiger partial charge in [0.2, 0.25) is 0 Å². The van der Waals surface area contributed by atoms with Crippen molar-refractivity contribution in [3.05, 3.63) is 50.8 Å². The molecule has 2 rings (SSSR count). The van der Waals surface area contributed by atoms with E-state index in [2.05, 4.69) is 4.98 Å². The van der Waals surface area contributed by atoms with Gasteiger partial charge in [-0.1, -0.05) is 34.8 Å². The molecule has 20 heavy (non-hydrogen) atoms. The summed E-state index contributed by atoms with van der Waals surface area (Å²) < 4.78 is 19.0. The van der Waals surface area contributed by atoms with Crippen LogP contribution in [0.4, 0.5) is 4.39 Å². The minimum atomic E-state index is -1.44. The van der Waals surface area contributed by atoms with Crippen LogP contribution >= 0.6 is 34.8 Å². The van der Waals surface area contributed by atoms with Crippen LogP contribution in [0.3, 0.4) is 0 Å². The molecule has 0 spiro atoms. The van der Waals surface area contributed by atoms with Crippen molar-refractivity contribution in [2.75, 3.05) is 0 Å². The van der Waals surface area contributed by atoms with Crippen LogP contribution in [0.25, 0.3) is 0 Å². The maximum Gasteiger partial charge on any atom is 0.338 e. The molecule has 1 aromatic carbocycles. The Hall–Kier alpha value is -1.56. The third-order valence-corrected chi connectivity index (χ3v) is 3.29. The standard InChI is InChI=1S/C12H5Cl3FNO3/c13-6-3-8(15)9(4-7(6)14)20-11-10(16)5(12(18)19)1-2-17-11/h1-4H,(H,18,19). The van der Waals surface area contributed by atoms with Crippen LogP contribution in [0.5, 0.6) is 11.6 Å². The van der Waals surface area contributed by atoms with Crippen molar-refractivity contribution < 1.29 is 19.0 Å². The fraction of sp³-hybridized carbons (Fsp3) is 0. The molecule has 0 unspecified atom stereocenters. The van der Waals surface area contributed by atoms with Gasteiger partial charge in [-0.15, -0.1) is 0 Å². The zero-order valence-corrected chi connectivity index (χ0v) is 11.8. The fourth-order valence-corrected chi connectivity index (χ4v) is 1.92. The number of nitrogens with zero attached hydrogens (tertiary/aromatic N) is 1. The van der Waals surface area contributed by atoms with E-state index in [0.717, 1.165) is 12.3 Å². The predicted molar refractivity (Wildman–Crippen MR) is 72.7 cm³/mol. The highest BCUT2D eigenvalue weighted by Gasteiger charge is 2.18. The number of hydrogen-bond donors (Lipinski definition) is 1. The number of benzene rings is 1. The van der Waals surface area contributed by atoms with E-state index in [0.29, 0.717) is 0 Å². The molecule has 0 bridgehead atoms. The van der Waals surface area contributed by atoms with Gasteiger partial charge < -0.3 is 9.84 Å². The number of rotatable bonds is 3. The summed E-state index contributed by atoms with van der Waals surface area (Å²) >= 11 is 17.4. The minimum Gasteiger partial charge on any atom is -0.478 e. The van der Waals surface area contributed by atoms with E-state index in [1.54, 1.807) is 0 Å². The molecule has 0 aliphatic carbocycles. The smallest absolute Gasteiger partial charge is 0.338 e. The van der Waals surface area contributed by atoms with E-state index in [-0.39, 0.29) is 20.8 Å². The third-order valence-electron chi connectivity index (χ3n) is 2.27. The maximum atomic E-state index is 13.9. The summed E-state index contributed by atoms with van der Waals surface area (Å²) in [4.78, 5) is 14.4. The Morgan fingerprint density at radius 1 is 1.20 bits per heavy atom. The first-order chi connectivity index (χ1) is 9.40. The van der Waals surface area contributed by atoms with E-state index in [1.807, 2.05) is 0 Å². The Morgan fingerprint density at radius 2 is 1.85 bits per heavy atom. The normalized spacial score (nSPS) is 10.4. The van der Waals surface area contributed by atoms with Crippen molar-refractivity contribution in [2.45, 2.75) is 0 Å². The molecule has 4 nitrogen and oxygen atoms in total. The maximum absolute atomic E-state index is 13.9. The molecule has 8 heteroatoms. The number of aromatic carboxylic acids is 1. The van der Waals surface area contributed by atoms with E-state index < -0.39 is 23.2 Å². The van der Waals surface area contributed by atoms with Crippen LogP contribution in [0, 0.1) is 5.82 Å². The Balaban J connectivity index is 2.43. The van der Waals surface area contributed by atoms with Crippen LogP contribution in [-0.4, -0.2) is 16.1 Å². The number of halogens is 4. The molecule has 104 valence electrons. The zero-order chi connectivity index (χ0) is 14.9. The molecule has 1 heterocycles. The summed E-state index contributed by atoms with van der Waals surface area (Å²) in [5.41, 5.74) is -0.564. The minimum absolute atomic E-state index is 0.00926. The molecular formula is C12H5Cl3FNO3. The summed E-state index contributed by atoms with van der Waals surface area (Å²) in [6.07, 6.45) is 1.10. The summed E-state index contributed by atoms with van der Waals surface area (Å²) in [5, 5.41) is 9.25. The molecule has 0 saturated heterocycles. The Kier molecular flexibility index (Phi) is 4.32. The highest BCUT2D eigenvalue weighted by atomic mass is 35.5. The van der Waals surface area contributed by atoms with Gasteiger partial charge in [-0.2, -0.15) is 0 Å². The zero-order valence-electron chi connectivity index (χ0n) is 9.53. The number of pyridine rings is 1. The summed E-state index contributed by atoms with van der Waals surface area (Å²) in [7, 11) is 0. The average Bonchev–Trinajstić information content (AvgIpc) is 2.37. The van der Waals surface area contributed by atoms with Crippen molar-refractivity contribution in [2.24, 2.45) is 0 Å². The van der Waals surface area contributed by atoms with Gasteiger partial charge in [0, 0.05) is 12.3 Å². The average molecular weight is 337 g/mol. The monoisotopic (exact) mass is 335 g/mol. The Morgan fingerprint density at radius 3 is 2.50 bits per heavy atom. The number of carboxylic acid groups (broad SMARTS) is 1. The van der Waals surface area contributed by atoms with Crippen molar-refractivity contribution in [3.8, 4) is 11.6 Å². The lowest BCUT2D eigenvalue weighted by molar-refractivity contribution is 0.0690. The lowest BCUT2D eigenvalue weighted by Crippen LogP contribution is -2.03. The second kappa shape index (κ2) is 5.83. The molecule has 0 amide bonds. The van der Waals surface area contributed by atoms with Crippen molar-refractivity contribution in [1.29, 1.82) is 0 Å². The van der Waals surface area contributed by atoms with Gasteiger partial charge in [0.1, 0.15) is 11.3 Å². The van der Waals surface area contributed by atoms with Gasteiger partial charge in [0.15, 0.2) is 5.82 Å². The van der Waals surface area contributed by atoms with Crippen LogP contribution < -0.4 is 4.74 Å². The first kappa shape index (κ1) is 14.8. The first-order valence-corrected chi connectivity index (χ1v) is 6.23. The van der Waals surface area contributed by atoms with E-state index in [9.17, 15) is 9.18 Å². The van der Waals surface area contributed by atoms with Crippen molar-refractivity contribution >= 4 is 40.8 Å². The van der Waals surface area contributed by atoms with Gasteiger partial charge in [0.25, 0.3) is 5.88 Å². The fourth-order valence-electron chi connectivity index (χ4n) is 1.35. The van der Waals surface area contributed by atoms with E-state index >= 15 is 0 Å². The number of carboxylic acids is 1. The molecule has 0 saturated carbocycles. The van der Waals surface area contributed by atoms with E-state index in [4.69, 9.17) is 44.6 Å². The number of hydrogen-bond acceptors (Lipinski definition) is 3. The largest absolute Gasteiger partial charge is 0.478 e. The van der Waals surface area contributed by atoms with Crippen LogP contribution in [0.2, 0.25) is 15.1 Å². The third kappa shape index (κ3) is 2.95. The van der Waals surface area contributed by atoms with Gasteiger partial charge in [-0.05, 0) is 12.1 Å². The van der Waals surface area contributed by atoms with Crippen LogP contribution in [-0.2, 0) is 0 Å². The van der Waals surface area contributed by atoms with Gasteiger partial charge >= 0.3 is 5.97 Å². The number of ether oxygens (including phenoxy) is 1.